The van der Waals surface area contributed by atoms with Gasteiger partial charge >= 0.3 is 5.69 Å². The number of fused-ring (bicyclic) bond motifs is 1. The van der Waals surface area contributed by atoms with Gasteiger partial charge in [0.2, 0.25) is 5.91 Å². The van der Waals surface area contributed by atoms with Crippen LogP contribution < -0.4 is 16.7 Å². The topological polar surface area (TPSA) is 92.9 Å². The second-order valence-corrected chi connectivity index (χ2v) is 3.65. The largest absolute Gasteiger partial charge is 0.353 e. The summed E-state index contributed by atoms with van der Waals surface area (Å²) in [4.78, 5) is 25.4. The molecule has 0 radical (unpaired) electrons. The van der Waals surface area contributed by atoms with Crippen LogP contribution >= 0.6 is 12.4 Å². The fourth-order valence-corrected chi connectivity index (χ4v) is 1.71. The lowest BCUT2D eigenvalue weighted by Gasteiger charge is -2.04. The summed E-state index contributed by atoms with van der Waals surface area (Å²) in [7, 11) is 0. The van der Waals surface area contributed by atoms with E-state index in [9.17, 15) is 9.59 Å². The minimum absolute atomic E-state index is 0. The van der Waals surface area contributed by atoms with Crippen LogP contribution in [0.4, 0.5) is 0 Å². The lowest BCUT2D eigenvalue weighted by atomic mass is 10.3. The maximum atomic E-state index is 11.7. The number of amides is 1. The average Bonchev–Trinajstić information content (AvgIpc) is 2.66. The van der Waals surface area contributed by atoms with Crippen molar-refractivity contribution in [1.29, 1.82) is 0 Å². The third-order valence-corrected chi connectivity index (χ3v) is 2.52. The maximum Gasteiger partial charge on any atom is 0.326 e. The van der Waals surface area contributed by atoms with Crippen molar-refractivity contribution in [3.8, 4) is 0 Å². The third kappa shape index (κ3) is 2.91. The van der Waals surface area contributed by atoms with Crippen LogP contribution in [-0.4, -0.2) is 28.5 Å². The van der Waals surface area contributed by atoms with Gasteiger partial charge < -0.3 is 16.0 Å². The first-order chi connectivity index (χ1) is 8.22. The van der Waals surface area contributed by atoms with E-state index in [-0.39, 0.29) is 30.5 Å². The van der Waals surface area contributed by atoms with Crippen LogP contribution in [0.2, 0.25) is 0 Å². The molecule has 0 aliphatic carbocycles. The van der Waals surface area contributed by atoms with Gasteiger partial charge in [-0.15, -0.1) is 12.4 Å². The zero-order valence-electron chi connectivity index (χ0n) is 9.68. The van der Waals surface area contributed by atoms with E-state index < -0.39 is 0 Å². The molecule has 0 atom stereocenters. The molecule has 6 nitrogen and oxygen atoms in total. The molecule has 2 aromatic rings. The van der Waals surface area contributed by atoms with Crippen LogP contribution in [0, 0.1) is 0 Å². The number of carbonyl (C=O) groups excluding carboxylic acids is 1. The molecular weight excluding hydrogens is 256 g/mol. The number of hydrogen-bond donors (Lipinski definition) is 3. The molecule has 18 heavy (non-hydrogen) atoms. The molecular formula is C11H15ClN4O2. The van der Waals surface area contributed by atoms with E-state index in [1.54, 1.807) is 4.57 Å². The highest BCUT2D eigenvalue weighted by molar-refractivity contribution is 5.85. The first kappa shape index (κ1) is 14.3. The Morgan fingerprint density at radius 3 is 2.83 bits per heavy atom. The zero-order valence-corrected chi connectivity index (χ0v) is 10.5. The van der Waals surface area contributed by atoms with E-state index in [2.05, 4.69) is 10.3 Å². The number of carbonyl (C=O) groups is 1. The fraction of sp³-hybridized carbons (Fsp3) is 0.273. The number of nitrogens with two attached hydrogens (primary N) is 1. The van der Waals surface area contributed by atoms with Crippen molar-refractivity contribution in [3.05, 3.63) is 34.7 Å². The Balaban J connectivity index is 0.00000162. The summed E-state index contributed by atoms with van der Waals surface area (Å²) in [6, 6.07) is 7.42. The van der Waals surface area contributed by atoms with E-state index in [4.69, 9.17) is 5.73 Å². The molecule has 2 rings (SSSR count). The number of imidazole rings is 1. The summed E-state index contributed by atoms with van der Waals surface area (Å²) < 4.78 is 1.59. The Morgan fingerprint density at radius 1 is 1.39 bits per heavy atom. The van der Waals surface area contributed by atoms with Crippen LogP contribution in [0.3, 0.4) is 0 Å². The number of halogens is 1. The predicted molar refractivity (Wildman–Crippen MR) is 71.9 cm³/mol. The Hall–Kier alpha value is -1.79. The lowest BCUT2D eigenvalue weighted by molar-refractivity contribution is -0.119. The molecule has 0 aliphatic rings. The van der Waals surface area contributed by atoms with Gasteiger partial charge in [0, 0.05) is 13.1 Å². The van der Waals surface area contributed by atoms with Crippen molar-refractivity contribution in [1.82, 2.24) is 14.9 Å². The molecule has 0 aliphatic heterocycles. The average molecular weight is 271 g/mol. The number of aromatic nitrogens is 2. The van der Waals surface area contributed by atoms with Crippen molar-refractivity contribution in [3.63, 3.8) is 0 Å². The molecule has 98 valence electrons. The SMILES string of the molecule is Cl.NCC(=O)NCCn1c(=O)[nH]c2ccccc21. The molecule has 1 aromatic carbocycles. The molecule has 0 spiro atoms. The molecule has 0 saturated heterocycles. The number of para-hydroxylation sites is 2. The highest BCUT2D eigenvalue weighted by Crippen LogP contribution is 2.07. The second-order valence-electron chi connectivity index (χ2n) is 3.65. The van der Waals surface area contributed by atoms with Gasteiger partial charge in [0.05, 0.1) is 17.6 Å². The number of nitrogens with one attached hydrogen (secondary N) is 2. The van der Waals surface area contributed by atoms with Gasteiger partial charge in [-0.3, -0.25) is 9.36 Å². The minimum atomic E-state index is -0.224. The Bertz CT molecular complexity index is 590. The van der Waals surface area contributed by atoms with Gasteiger partial charge in [-0.25, -0.2) is 4.79 Å². The van der Waals surface area contributed by atoms with Crippen LogP contribution in [0.5, 0.6) is 0 Å². The molecule has 1 heterocycles. The maximum absolute atomic E-state index is 11.7. The number of nitrogens with zero attached hydrogens (tertiary/aromatic N) is 1. The highest BCUT2D eigenvalue weighted by atomic mass is 35.5. The molecule has 0 saturated carbocycles. The van der Waals surface area contributed by atoms with Gasteiger partial charge in [-0.1, -0.05) is 12.1 Å². The second kappa shape index (κ2) is 6.23. The number of rotatable bonds is 4. The molecule has 0 bridgehead atoms. The van der Waals surface area contributed by atoms with Gasteiger partial charge in [0.1, 0.15) is 0 Å². The molecule has 0 unspecified atom stereocenters. The van der Waals surface area contributed by atoms with Gasteiger partial charge in [-0.2, -0.15) is 0 Å². The van der Waals surface area contributed by atoms with E-state index >= 15 is 0 Å². The molecule has 0 fully saturated rings. The highest BCUT2D eigenvalue weighted by Gasteiger charge is 2.05. The van der Waals surface area contributed by atoms with Crippen molar-refractivity contribution >= 4 is 29.3 Å². The first-order valence-electron chi connectivity index (χ1n) is 5.36. The van der Waals surface area contributed by atoms with Crippen molar-refractivity contribution in [2.75, 3.05) is 13.1 Å². The normalized spacial score (nSPS) is 10.1. The first-order valence-corrected chi connectivity index (χ1v) is 5.36. The fourth-order valence-electron chi connectivity index (χ4n) is 1.71. The van der Waals surface area contributed by atoms with Crippen molar-refractivity contribution in [2.45, 2.75) is 6.54 Å². The zero-order chi connectivity index (χ0) is 12.3. The van der Waals surface area contributed by atoms with Crippen molar-refractivity contribution < 1.29 is 4.79 Å². The summed E-state index contributed by atoms with van der Waals surface area (Å²) in [5, 5.41) is 2.62. The standard InChI is InChI=1S/C11H14N4O2.ClH/c12-7-10(16)13-5-6-15-9-4-2-1-3-8(9)14-11(15)17;/h1-4H,5-7,12H2,(H,13,16)(H,14,17);1H. The summed E-state index contributed by atoms with van der Waals surface area (Å²) in [5.74, 6) is -0.224. The summed E-state index contributed by atoms with van der Waals surface area (Å²) in [6.07, 6.45) is 0. The summed E-state index contributed by atoms with van der Waals surface area (Å²) in [6.45, 7) is 0.773. The molecule has 1 aromatic heterocycles. The number of hydrogen-bond acceptors (Lipinski definition) is 3. The van der Waals surface area contributed by atoms with Crippen LogP contribution in [-0.2, 0) is 11.3 Å². The minimum Gasteiger partial charge on any atom is -0.353 e. The van der Waals surface area contributed by atoms with Crippen LogP contribution in [0.15, 0.2) is 29.1 Å². The lowest BCUT2D eigenvalue weighted by Crippen LogP contribution is -2.34. The van der Waals surface area contributed by atoms with Crippen molar-refractivity contribution in [2.24, 2.45) is 5.73 Å². The van der Waals surface area contributed by atoms with Gasteiger partial charge in [0.25, 0.3) is 0 Å². The smallest absolute Gasteiger partial charge is 0.326 e. The summed E-state index contributed by atoms with van der Waals surface area (Å²) >= 11 is 0. The summed E-state index contributed by atoms with van der Waals surface area (Å²) in [5.41, 5.74) is 6.62. The number of benzene rings is 1. The Kier molecular flexibility index (Phi) is 4.94. The molecule has 1 amide bonds. The molecule has 4 N–H and O–H groups in total. The van der Waals surface area contributed by atoms with Gasteiger partial charge in [-0.05, 0) is 12.1 Å². The van der Waals surface area contributed by atoms with E-state index in [1.165, 1.54) is 0 Å². The number of aromatic amines is 1. The van der Waals surface area contributed by atoms with Crippen LogP contribution in [0.25, 0.3) is 11.0 Å². The quantitative estimate of drug-likeness (QED) is 0.720. The van der Waals surface area contributed by atoms with Crippen LogP contribution in [0.1, 0.15) is 0 Å². The Morgan fingerprint density at radius 2 is 2.11 bits per heavy atom. The monoisotopic (exact) mass is 270 g/mol. The van der Waals surface area contributed by atoms with E-state index in [0.717, 1.165) is 11.0 Å². The predicted octanol–water partition coefficient (Wildman–Crippen LogP) is -0.174. The number of H-pyrrole nitrogens is 1. The Labute approximate surface area is 110 Å². The van der Waals surface area contributed by atoms with E-state index in [1.807, 2.05) is 24.3 Å². The van der Waals surface area contributed by atoms with Gasteiger partial charge in [0.15, 0.2) is 0 Å². The molecule has 7 heteroatoms. The third-order valence-electron chi connectivity index (χ3n) is 2.52. The van der Waals surface area contributed by atoms with E-state index in [0.29, 0.717) is 13.1 Å².